The van der Waals surface area contributed by atoms with Gasteiger partial charge in [-0.05, 0) is 53.5 Å². The molecular weight excluding hydrogens is 363 g/mol. The van der Waals surface area contributed by atoms with Crippen LogP contribution in [-0.4, -0.2) is 0 Å². The van der Waals surface area contributed by atoms with E-state index in [-0.39, 0.29) is 6.04 Å². The van der Waals surface area contributed by atoms with Crippen LogP contribution in [0.5, 0.6) is 0 Å². The molecule has 1 unspecified atom stereocenters. The largest absolute Gasteiger partial charge is 0.416 e. The van der Waals surface area contributed by atoms with Gasteiger partial charge < -0.3 is 5.32 Å². The summed E-state index contributed by atoms with van der Waals surface area (Å²) < 4.78 is 39.2. The summed E-state index contributed by atoms with van der Waals surface area (Å²) in [6, 6.07) is 7.34. The molecule has 0 spiro atoms. The molecule has 1 atom stereocenters. The minimum absolute atomic E-state index is 0.145. The number of aryl methyl sites for hydroxylation is 1. The van der Waals surface area contributed by atoms with E-state index in [1.165, 1.54) is 17.0 Å². The molecule has 2 rings (SSSR count). The Balaban J connectivity index is 2.05. The first kappa shape index (κ1) is 16.5. The number of hydrogen-bond acceptors (Lipinski definition) is 2. The van der Waals surface area contributed by atoms with Crippen LogP contribution in [0.25, 0.3) is 0 Å². The lowest BCUT2D eigenvalue weighted by Gasteiger charge is -2.15. The standard InChI is InChI=1S/C15H15BrF3NS/c1-9(20-8-13-7-14(16)10(2)21-13)11-4-3-5-12(6-11)15(17,18)19/h3-7,9,20H,8H2,1-2H3. The Bertz CT molecular complexity index is 602. The lowest BCUT2D eigenvalue weighted by Crippen LogP contribution is -2.18. The first-order valence-electron chi connectivity index (χ1n) is 6.42. The van der Waals surface area contributed by atoms with Crippen molar-refractivity contribution in [3.63, 3.8) is 0 Å². The third-order valence-corrected chi connectivity index (χ3v) is 5.34. The van der Waals surface area contributed by atoms with Gasteiger partial charge in [-0.3, -0.25) is 0 Å². The molecule has 0 amide bonds. The molecule has 1 nitrogen and oxygen atoms in total. The van der Waals surface area contributed by atoms with E-state index in [0.717, 1.165) is 15.4 Å². The van der Waals surface area contributed by atoms with Gasteiger partial charge in [-0.15, -0.1) is 11.3 Å². The molecule has 1 N–H and O–H groups in total. The second kappa shape index (κ2) is 6.50. The Kier molecular flexibility index (Phi) is 5.11. The molecule has 2 aromatic rings. The van der Waals surface area contributed by atoms with Crippen LogP contribution in [0, 0.1) is 6.92 Å². The smallest absolute Gasteiger partial charge is 0.305 e. The van der Waals surface area contributed by atoms with Crippen LogP contribution in [0.2, 0.25) is 0 Å². The van der Waals surface area contributed by atoms with Crippen LogP contribution in [0.1, 0.15) is 33.8 Å². The molecule has 114 valence electrons. The van der Waals surface area contributed by atoms with Gasteiger partial charge in [0, 0.05) is 26.8 Å². The van der Waals surface area contributed by atoms with E-state index in [0.29, 0.717) is 12.1 Å². The molecule has 1 aromatic carbocycles. The predicted molar refractivity (Wildman–Crippen MR) is 83.5 cm³/mol. The van der Waals surface area contributed by atoms with E-state index >= 15 is 0 Å². The quantitative estimate of drug-likeness (QED) is 0.721. The number of nitrogens with one attached hydrogen (secondary N) is 1. The molecular formula is C15H15BrF3NS. The average Bonchev–Trinajstić information content (AvgIpc) is 2.74. The zero-order valence-corrected chi connectivity index (χ0v) is 14.0. The number of benzene rings is 1. The summed E-state index contributed by atoms with van der Waals surface area (Å²) in [6.45, 7) is 4.52. The third-order valence-electron chi connectivity index (χ3n) is 3.20. The molecule has 0 saturated carbocycles. The zero-order valence-electron chi connectivity index (χ0n) is 11.6. The number of alkyl halides is 3. The van der Waals surface area contributed by atoms with Crippen molar-refractivity contribution in [2.45, 2.75) is 32.6 Å². The van der Waals surface area contributed by atoms with E-state index in [1.54, 1.807) is 17.4 Å². The van der Waals surface area contributed by atoms with Gasteiger partial charge in [0.05, 0.1) is 5.56 Å². The van der Waals surface area contributed by atoms with Crippen LogP contribution in [0.4, 0.5) is 13.2 Å². The van der Waals surface area contributed by atoms with Crippen molar-refractivity contribution in [3.8, 4) is 0 Å². The maximum atomic E-state index is 12.7. The first-order valence-corrected chi connectivity index (χ1v) is 8.03. The highest BCUT2D eigenvalue weighted by Gasteiger charge is 2.30. The van der Waals surface area contributed by atoms with Crippen molar-refractivity contribution >= 4 is 27.3 Å². The summed E-state index contributed by atoms with van der Waals surface area (Å²) in [5.74, 6) is 0. The Hall–Kier alpha value is -0.850. The lowest BCUT2D eigenvalue weighted by molar-refractivity contribution is -0.137. The average molecular weight is 378 g/mol. The summed E-state index contributed by atoms with van der Waals surface area (Å²) in [5.41, 5.74) is 0.0283. The van der Waals surface area contributed by atoms with Crippen LogP contribution < -0.4 is 5.32 Å². The van der Waals surface area contributed by atoms with E-state index in [1.807, 2.05) is 19.9 Å². The summed E-state index contributed by atoms with van der Waals surface area (Å²) in [6.07, 6.45) is -4.30. The molecule has 21 heavy (non-hydrogen) atoms. The van der Waals surface area contributed by atoms with E-state index < -0.39 is 11.7 Å². The molecule has 6 heteroatoms. The van der Waals surface area contributed by atoms with Crippen molar-refractivity contribution in [2.75, 3.05) is 0 Å². The SMILES string of the molecule is Cc1sc(CNC(C)c2cccc(C(F)(F)F)c2)cc1Br. The van der Waals surface area contributed by atoms with Gasteiger partial charge >= 0.3 is 6.18 Å². The van der Waals surface area contributed by atoms with E-state index in [4.69, 9.17) is 0 Å². The molecule has 0 saturated heterocycles. The monoisotopic (exact) mass is 377 g/mol. The molecule has 0 fully saturated rings. The van der Waals surface area contributed by atoms with Gasteiger partial charge in [0.1, 0.15) is 0 Å². The minimum Gasteiger partial charge on any atom is -0.305 e. The second-order valence-corrected chi connectivity index (χ2v) is 7.04. The fourth-order valence-corrected chi connectivity index (χ4v) is 3.51. The van der Waals surface area contributed by atoms with Crippen LogP contribution >= 0.6 is 27.3 Å². The van der Waals surface area contributed by atoms with E-state index in [9.17, 15) is 13.2 Å². The van der Waals surface area contributed by atoms with Gasteiger partial charge in [0.2, 0.25) is 0 Å². The van der Waals surface area contributed by atoms with Gasteiger partial charge in [0.25, 0.3) is 0 Å². The second-order valence-electron chi connectivity index (χ2n) is 4.84. The fourth-order valence-electron chi connectivity index (χ4n) is 1.96. The summed E-state index contributed by atoms with van der Waals surface area (Å²) in [7, 11) is 0. The minimum atomic E-state index is -4.30. The highest BCUT2D eigenvalue weighted by atomic mass is 79.9. The summed E-state index contributed by atoms with van der Waals surface area (Å²) >= 11 is 5.13. The van der Waals surface area contributed by atoms with Gasteiger partial charge in [-0.25, -0.2) is 0 Å². The lowest BCUT2D eigenvalue weighted by atomic mass is 10.0. The highest BCUT2D eigenvalue weighted by Crippen LogP contribution is 2.31. The van der Waals surface area contributed by atoms with Crippen molar-refractivity contribution < 1.29 is 13.2 Å². The van der Waals surface area contributed by atoms with Gasteiger partial charge in [0.15, 0.2) is 0 Å². The first-order chi connectivity index (χ1) is 9.77. The van der Waals surface area contributed by atoms with Gasteiger partial charge in [-0.2, -0.15) is 13.2 Å². The van der Waals surface area contributed by atoms with Gasteiger partial charge in [-0.1, -0.05) is 12.1 Å². The molecule has 1 aromatic heterocycles. The number of rotatable bonds is 4. The van der Waals surface area contributed by atoms with Crippen molar-refractivity contribution in [2.24, 2.45) is 0 Å². The van der Waals surface area contributed by atoms with Crippen LogP contribution in [0.15, 0.2) is 34.8 Å². The zero-order chi connectivity index (χ0) is 15.6. The van der Waals surface area contributed by atoms with E-state index in [2.05, 4.69) is 21.2 Å². The summed E-state index contributed by atoms with van der Waals surface area (Å²) in [4.78, 5) is 2.34. The van der Waals surface area contributed by atoms with Crippen molar-refractivity contribution in [1.29, 1.82) is 0 Å². The normalized spacial score (nSPS) is 13.4. The summed E-state index contributed by atoms with van der Waals surface area (Å²) in [5, 5.41) is 3.26. The number of halogens is 4. The molecule has 1 heterocycles. The number of thiophene rings is 1. The Morgan fingerprint density at radius 2 is 2.00 bits per heavy atom. The predicted octanol–water partition coefficient (Wildman–Crippen LogP) is 5.69. The van der Waals surface area contributed by atoms with Crippen molar-refractivity contribution in [1.82, 2.24) is 5.32 Å². The fraction of sp³-hybridized carbons (Fsp3) is 0.333. The molecule has 0 radical (unpaired) electrons. The molecule has 0 bridgehead atoms. The molecule has 0 aliphatic heterocycles. The van der Waals surface area contributed by atoms with Crippen molar-refractivity contribution in [3.05, 3.63) is 55.7 Å². The Morgan fingerprint density at radius 3 is 2.57 bits per heavy atom. The molecule has 0 aliphatic carbocycles. The van der Waals surface area contributed by atoms with Crippen LogP contribution in [0.3, 0.4) is 0 Å². The highest BCUT2D eigenvalue weighted by molar-refractivity contribution is 9.10. The molecule has 0 aliphatic rings. The maximum absolute atomic E-state index is 12.7. The third kappa shape index (κ3) is 4.31. The number of hydrogen-bond donors (Lipinski definition) is 1. The Labute approximate surface area is 134 Å². The maximum Gasteiger partial charge on any atom is 0.416 e. The topological polar surface area (TPSA) is 12.0 Å². The Morgan fingerprint density at radius 1 is 1.29 bits per heavy atom. The van der Waals surface area contributed by atoms with Crippen LogP contribution in [-0.2, 0) is 12.7 Å².